The Morgan fingerprint density at radius 2 is 1.92 bits per heavy atom. The van der Waals surface area contributed by atoms with E-state index in [1.54, 1.807) is 12.0 Å². The van der Waals surface area contributed by atoms with E-state index in [-0.39, 0.29) is 17.9 Å². The molecule has 0 radical (unpaired) electrons. The lowest BCUT2D eigenvalue weighted by Gasteiger charge is -2.26. The van der Waals surface area contributed by atoms with Crippen molar-refractivity contribution >= 4 is 11.9 Å². The smallest absolute Gasteiger partial charge is 0.318 e. The van der Waals surface area contributed by atoms with Gasteiger partial charge in [0.2, 0.25) is 5.91 Å². The molecule has 0 aromatic heterocycles. The molecule has 1 fully saturated rings. The number of benzene rings is 1. The number of hydrogen-bond donors (Lipinski definition) is 2. The summed E-state index contributed by atoms with van der Waals surface area (Å²) < 4.78 is 5.31. The van der Waals surface area contributed by atoms with Crippen LogP contribution < -0.4 is 15.4 Å². The van der Waals surface area contributed by atoms with Crippen LogP contribution in [0.2, 0.25) is 0 Å². The minimum Gasteiger partial charge on any atom is -0.496 e. The molecule has 1 aromatic rings. The normalized spacial score (nSPS) is 16.2. The Bertz CT molecular complexity index is 585. The Labute approximate surface area is 149 Å². The fraction of sp³-hybridized carbons (Fsp3) is 0.579. The molecular weight excluding hydrogens is 318 g/mol. The highest BCUT2D eigenvalue weighted by Gasteiger charge is 2.28. The molecule has 2 atom stereocenters. The van der Waals surface area contributed by atoms with Gasteiger partial charge >= 0.3 is 6.03 Å². The fourth-order valence-electron chi connectivity index (χ4n) is 2.99. The third-order valence-electron chi connectivity index (χ3n) is 4.81. The van der Waals surface area contributed by atoms with Crippen LogP contribution in [0.25, 0.3) is 0 Å². The molecule has 1 heterocycles. The number of ether oxygens (including phenoxy) is 1. The van der Waals surface area contributed by atoms with Crippen molar-refractivity contribution in [1.82, 2.24) is 15.5 Å². The molecule has 2 N–H and O–H groups in total. The number of urea groups is 1. The molecular formula is C19H29N3O3. The third-order valence-corrected chi connectivity index (χ3v) is 4.81. The predicted molar refractivity (Wildman–Crippen MR) is 97.4 cm³/mol. The maximum Gasteiger partial charge on any atom is 0.318 e. The standard InChI is InChI=1S/C19H29N3O3/c1-4-14(2)17(21-19(24)22-11-7-8-12-22)18(23)20-13-15-9-5-6-10-16(15)25-3/h5-6,9-10,14,17H,4,7-8,11-13H2,1-3H3,(H,20,23)(H,21,24)/t14?,17-/m0/s1. The Morgan fingerprint density at radius 1 is 1.24 bits per heavy atom. The summed E-state index contributed by atoms with van der Waals surface area (Å²) in [6, 6.07) is 6.90. The Morgan fingerprint density at radius 3 is 2.56 bits per heavy atom. The van der Waals surface area contributed by atoms with Crippen LogP contribution in [0.3, 0.4) is 0 Å². The number of nitrogens with zero attached hydrogens (tertiary/aromatic N) is 1. The summed E-state index contributed by atoms with van der Waals surface area (Å²) in [7, 11) is 1.61. The number of nitrogens with one attached hydrogen (secondary N) is 2. The Kier molecular flexibility index (Phi) is 7.10. The van der Waals surface area contributed by atoms with E-state index >= 15 is 0 Å². The number of para-hydroxylation sites is 1. The molecule has 6 heteroatoms. The number of likely N-dealkylation sites (tertiary alicyclic amines) is 1. The van der Waals surface area contributed by atoms with Gasteiger partial charge < -0.3 is 20.3 Å². The number of amides is 3. The largest absolute Gasteiger partial charge is 0.496 e. The molecule has 0 saturated carbocycles. The van der Waals surface area contributed by atoms with Crippen LogP contribution in [0.5, 0.6) is 5.75 Å². The first-order valence-corrected chi connectivity index (χ1v) is 9.01. The van der Waals surface area contributed by atoms with E-state index in [0.717, 1.165) is 43.7 Å². The average Bonchev–Trinajstić information content (AvgIpc) is 3.18. The SMILES string of the molecule is CCC(C)[C@H](NC(=O)N1CCCC1)C(=O)NCc1ccccc1OC. The van der Waals surface area contributed by atoms with Gasteiger partial charge in [0, 0.05) is 25.2 Å². The summed E-state index contributed by atoms with van der Waals surface area (Å²) in [6.45, 7) is 5.91. The zero-order valence-corrected chi connectivity index (χ0v) is 15.4. The first kappa shape index (κ1) is 19.1. The summed E-state index contributed by atoms with van der Waals surface area (Å²) >= 11 is 0. The van der Waals surface area contributed by atoms with Crippen LogP contribution in [0, 0.1) is 5.92 Å². The minimum absolute atomic E-state index is 0.0595. The van der Waals surface area contributed by atoms with Gasteiger partial charge in [-0.3, -0.25) is 4.79 Å². The number of rotatable bonds is 7. The van der Waals surface area contributed by atoms with Crippen molar-refractivity contribution < 1.29 is 14.3 Å². The first-order valence-electron chi connectivity index (χ1n) is 9.01. The second kappa shape index (κ2) is 9.30. The highest BCUT2D eigenvalue weighted by atomic mass is 16.5. The van der Waals surface area contributed by atoms with Gasteiger partial charge in [-0.05, 0) is 24.8 Å². The zero-order valence-electron chi connectivity index (χ0n) is 15.4. The van der Waals surface area contributed by atoms with Crippen molar-refractivity contribution in [2.24, 2.45) is 5.92 Å². The van der Waals surface area contributed by atoms with Gasteiger partial charge in [0.05, 0.1) is 7.11 Å². The quantitative estimate of drug-likeness (QED) is 0.796. The molecule has 0 aliphatic carbocycles. The van der Waals surface area contributed by atoms with Crippen LogP contribution in [0.4, 0.5) is 4.79 Å². The van der Waals surface area contributed by atoms with Crippen LogP contribution in [0.15, 0.2) is 24.3 Å². The molecule has 3 amide bonds. The van der Waals surface area contributed by atoms with E-state index in [9.17, 15) is 9.59 Å². The van der Waals surface area contributed by atoms with Gasteiger partial charge in [0.15, 0.2) is 0 Å². The van der Waals surface area contributed by atoms with Gasteiger partial charge in [-0.2, -0.15) is 0 Å². The third kappa shape index (κ3) is 5.11. The van der Waals surface area contributed by atoms with Crippen molar-refractivity contribution in [2.75, 3.05) is 20.2 Å². The zero-order chi connectivity index (χ0) is 18.2. The number of methoxy groups -OCH3 is 1. The first-order chi connectivity index (χ1) is 12.1. The van der Waals surface area contributed by atoms with E-state index in [4.69, 9.17) is 4.74 Å². The van der Waals surface area contributed by atoms with Crippen LogP contribution in [0.1, 0.15) is 38.7 Å². The van der Waals surface area contributed by atoms with E-state index < -0.39 is 6.04 Å². The molecule has 0 spiro atoms. The van der Waals surface area contributed by atoms with E-state index in [0.29, 0.717) is 6.54 Å². The van der Waals surface area contributed by atoms with Gasteiger partial charge in [0.25, 0.3) is 0 Å². The minimum atomic E-state index is -0.534. The lowest BCUT2D eigenvalue weighted by molar-refractivity contribution is -0.124. The average molecular weight is 347 g/mol. The molecule has 1 aliphatic heterocycles. The molecule has 138 valence electrons. The Hall–Kier alpha value is -2.24. The number of carbonyl (C=O) groups excluding carboxylic acids is 2. The van der Waals surface area contributed by atoms with Crippen molar-refractivity contribution in [3.63, 3.8) is 0 Å². The number of hydrogen-bond acceptors (Lipinski definition) is 3. The fourth-order valence-corrected chi connectivity index (χ4v) is 2.99. The topological polar surface area (TPSA) is 70.7 Å². The van der Waals surface area contributed by atoms with Crippen LogP contribution in [-0.4, -0.2) is 43.1 Å². The second-order valence-corrected chi connectivity index (χ2v) is 6.54. The molecule has 2 rings (SSSR count). The van der Waals surface area contributed by atoms with E-state index in [2.05, 4.69) is 10.6 Å². The Balaban J connectivity index is 1.98. The van der Waals surface area contributed by atoms with Crippen molar-refractivity contribution in [3.8, 4) is 5.75 Å². The van der Waals surface area contributed by atoms with Gasteiger partial charge in [-0.25, -0.2) is 4.79 Å². The molecule has 1 unspecified atom stereocenters. The maximum atomic E-state index is 12.7. The summed E-state index contributed by atoms with van der Waals surface area (Å²) in [6.07, 6.45) is 2.87. The number of carbonyl (C=O) groups is 2. The highest BCUT2D eigenvalue weighted by molar-refractivity contribution is 5.87. The summed E-state index contributed by atoms with van der Waals surface area (Å²) in [5.41, 5.74) is 0.909. The van der Waals surface area contributed by atoms with Crippen LogP contribution in [-0.2, 0) is 11.3 Å². The molecule has 1 saturated heterocycles. The summed E-state index contributed by atoms with van der Waals surface area (Å²) in [5, 5.41) is 5.85. The monoisotopic (exact) mass is 347 g/mol. The van der Waals surface area contributed by atoms with Crippen molar-refractivity contribution in [2.45, 2.75) is 45.7 Å². The molecule has 6 nitrogen and oxygen atoms in total. The van der Waals surface area contributed by atoms with Gasteiger partial charge in [-0.15, -0.1) is 0 Å². The molecule has 25 heavy (non-hydrogen) atoms. The lowest BCUT2D eigenvalue weighted by Crippen LogP contribution is -2.53. The summed E-state index contributed by atoms with van der Waals surface area (Å²) in [5.74, 6) is 0.640. The predicted octanol–water partition coefficient (Wildman–Crippen LogP) is 2.53. The molecule has 1 aromatic carbocycles. The van der Waals surface area contributed by atoms with Crippen molar-refractivity contribution in [3.05, 3.63) is 29.8 Å². The molecule has 0 bridgehead atoms. The second-order valence-electron chi connectivity index (χ2n) is 6.54. The summed E-state index contributed by atoms with van der Waals surface area (Å²) in [4.78, 5) is 26.8. The maximum absolute atomic E-state index is 12.7. The lowest BCUT2D eigenvalue weighted by atomic mass is 9.98. The van der Waals surface area contributed by atoms with E-state index in [1.165, 1.54) is 0 Å². The van der Waals surface area contributed by atoms with Gasteiger partial charge in [-0.1, -0.05) is 38.5 Å². The van der Waals surface area contributed by atoms with Gasteiger partial charge in [0.1, 0.15) is 11.8 Å². The highest BCUT2D eigenvalue weighted by Crippen LogP contribution is 2.17. The van der Waals surface area contributed by atoms with Crippen molar-refractivity contribution in [1.29, 1.82) is 0 Å². The van der Waals surface area contributed by atoms with Crippen LogP contribution >= 0.6 is 0 Å². The van der Waals surface area contributed by atoms with E-state index in [1.807, 2.05) is 38.1 Å². The molecule has 1 aliphatic rings.